The zero-order valence-corrected chi connectivity index (χ0v) is 11.2. The quantitative estimate of drug-likeness (QED) is 0.657. The van der Waals surface area contributed by atoms with Crippen molar-refractivity contribution in [2.24, 2.45) is 5.41 Å². The Morgan fingerprint density at radius 1 is 1.39 bits per heavy atom. The monoisotopic (exact) mass is 257 g/mol. The van der Waals surface area contributed by atoms with Crippen molar-refractivity contribution in [1.29, 1.82) is 0 Å². The third-order valence-electron chi connectivity index (χ3n) is 3.37. The highest BCUT2D eigenvalue weighted by atomic mass is 16.5. The molecule has 1 atom stereocenters. The summed E-state index contributed by atoms with van der Waals surface area (Å²) in [5, 5.41) is 11.7. The molecule has 5 heteroatoms. The standard InChI is InChI=1S/C13H23NO4/c1-3-5-6-10(11(15)16)14-12(17)13(7-8-13)9-18-4-2/h10H,3-9H2,1-2H3,(H,14,17)(H,15,16)/t10-/m0/s1. The molecule has 5 nitrogen and oxygen atoms in total. The van der Waals surface area contributed by atoms with Crippen LogP contribution >= 0.6 is 0 Å². The summed E-state index contributed by atoms with van der Waals surface area (Å²) in [7, 11) is 0. The molecule has 1 rings (SSSR count). The normalized spacial score (nSPS) is 18.1. The maximum atomic E-state index is 12.1. The Labute approximate surface area is 108 Å². The summed E-state index contributed by atoms with van der Waals surface area (Å²) in [5.74, 6) is -1.12. The number of carboxylic acid groups (broad SMARTS) is 1. The molecule has 0 heterocycles. The minimum absolute atomic E-state index is 0.167. The van der Waals surface area contributed by atoms with Crippen molar-refractivity contribution in [3.05, 3.63) is 0 Å². The largest absolute Gasteiger partial charge is 0.480 e. The van der Waals surface area contributed by atoms with E-state index in [1.807, 2.05) is 13.8 Å². The maximum Gasteiger partial charge on any atom is 0.326 e. The van der Waals surface area contributed by atoms with Crippen LogP contribution in [0.3, 0.4) is 0 Å². The van der Waals surface area contributed by atoms with Crippen molar-refractivity contribution in [3.8, 4) is 0 Å². The summed E-state index contributed by atoms with van der Waals surface area (Å²) < 4.78 is 5.30. The first-order valence-corrected chi connectivity index (χ1v) is 6.67. The average Bonchev–Trinajstić information content (AvgIpc) is 3.12. The third-order valence-corrected chi connectivity index (χ3v) is 3.37. The van der Waals surface area contributed by atoms with Gasteiger partial charge >= 0.3 is 5.97 Å². The van der Waals surface area contributed by atoms with E-state index < -0.39 is 17.4 Å². The average molecular weight is 257 g/mol. The van der Waals surface area contributed by atoms with Gasteiger partial charge in [-0.25, -0.2) is 4.79 Å². The van der Waals surface area contributed by atoms with Gasteiger partial charge in [-0.1, -0.05) is 19.8 Å². The second-order valence-corrected chi connectivity index (χ2v) is 4.92. The molecule has 1 saturated carbocycles. The Hall–Kier alpha value is -1.10. The Kier molecular flexibility index (Phi) is 5.59. The molecule has 0 aromatic carbocycles. The van der Waals surface area contributed by atoms with Crippen LogP contribution < -0.4 is 5.32 Å². The lowest BCUT2D eigenvalue weighted by Crippen LogP contribution is -2.45. The molecule has 0 radical (unpaired) electrons. The predicted octanol–water partition coefficient (Wildman–Crippen LogP) is 1.56. The van der Waals surface area contributed by atoms with Gasteiger partial charge in [-0.15, -0.1) is 0 Å². The second-order valence-electron chi connectivity index (χ2n) is 4.92. The molecule has 1 aliphatic rings. The van der Waals surface area contributed by atoms with E-state index in [2.05, 4.69) is 5.32 Å². The zero-order chi connectivity index (χ0) is 13.6. The van der Waals surface area contributed by atoms with Crippen LogP contribution in [0.5, 0.6) is 0 Å². The lowest BCUT2D eigenvalue weighted by molar-refractivity contribution is -0.143. The van der Waals surface area contributed by atoms with Crippen LogP contribution in [0.1, 0.15) is 46.0 Å². The van der Waals surface area contributed by atoms with E-state index >= 15 is 0 Å². The summed E-state index contributed by atoms with van der Waals surface area (Å²) in [5.41, 5.74) is -0.462. The molecule has 1 aliphatic carbocycles. The number of carbonyl (C=O) groups excluding carboxylic acids is 1. The number of unbranched alkanes of at least 4 members (excludes halogenated alkanes) is 1. The first-order chi connectivity index (χ1) is 8.55. The van der Waals surface area contributed by atoms with Crippen LogP contribution in [0.25, 0.3) is 0 Å². The molecule has 0 aromatic rings. The minimum Gasteiger partial charge on any atom is -0.480 e. The first-order valence-electron chi connectivity index (χ1n) is 6.67. The van der Waals surface area contributed by atoms with Crippen molar-refractivity contribution in [2.75, 3.05) is 13.2 Å². The Bertz CT molecular complexity index is 299. The van der Waals surface area contributed by atoms with Gasteiger partial charge < -0.3 is 15.2 Å². The number of amides is 1. The fraction of sp³-hybridized carbons (Fsp3) is 0.846. The fourth-order valence-electron chi connectivity index (χ4n) is 1.86. The van der Waals surface area contributed by atoms with E-state index in [0.717, 1.165) is 25.7 Å². The van der Waals surface area contributed by atoms with Crippen molar-refractivity contribution in [1.82, 2.24) is 5.32 Å². The second kappa shape index (κ2) is 6.73. The van der Waals surface area contributed by atoms with E-state index in [1.54, 1.807) is 0 Å². The van der Waals surface area contributed by atoms with Crippen molar-refractivity contribution in [3.63, 3.8) is 0 Å². The molecule has 0 bridgehead atoms. The van der Waals surface area contributed by atoms with E-state index in [4.69, 9.17) is 9.84 Å². The van der Waals surface area contributed by atoms with Crippen molar-refractivity contribution < 1.29 is 19.4 Å². The van der Waals surface area contributed by atoms with Gasteiger partial charge in [0.2, 0.25) is 5.91 Å². The van der Waals surface area contributed by atoms with Crippen LogP contribution in [-0.2, 0) is 14.3 Å². The molecule has 2 N–H and O–H groups in total. The smallest absolute Gasteiger partial charge is 0.326 e. The van der Waals surface area contributed by atoms with Crippen LogP contribution in [-0.4, -0.2) is 36.2 Å². The maximum absolute atomic E-state index is 12.1. The summed E-state index contributed by atoms with van der Waals surface area (Å²) in [6, 6.07) is -0.767. The summed E-state index contributed by atoms with van der Waals surface area (Å²) in [4.78, 5) is 23.1. The molecule has 18 heavy (non-hydrogen) atoms. The van der Waals surface area contributed by atoms with Gasteiger partial charge in [0, 0.05) is 6.61 Å². The van der Waals surface area contributed by atoms with E-state index in [0.29, 0.717) is 19.6 Å². The third kappa shape index (κ3) is 3.98. The van der Waals surface area contributed by atoms with Gasteiger partial charge in [-0.05, 0) is 26.2 Å². The number of nitrogens with one attached hydrogen (secondary N) is 1. The van der Waals surface area contributed by atoms with Gasteiger partial charge in [0.05, 0.1) is 12.0 Å². The van der Waals surface area contributed by atoms with Crippen molar-refractivity contribution in [2.45, 2.75) is 52.0 Å². The highest BCUT2D eigenvalue weighted by Gasteiger charge is 2.50. The Balaban J connectivity index is 2.48. The number of ether oxygens (including phenoxy) is 1. The first kappa shape index (κ1) is 15.0. The molecule has 0 aliphatic heterocycles. The number of rotatable bonds is 9. The van der Waals surface area contributed by atoms with E-state index in [9.17, 15) is 9.59 Å². The number of hydrogen-bond donors (Lipinski definition) is 2. The lowest BCUT2D eigenvalue weighted by Gasteiger charge is -2.19. The number of carbonyl (C=O) groups is 2. The zero-order valence-electron chi connectivity index (χ0n) is 11.2. The van der Waals surface area contributed by atoms with E-state index in [-0.39, 0.29) is 5.91 Å². The summed E-state index contributed by atoms with van der Waals surface area (Å²) in [6.45, 7) is 4.86. The molecular weight excluding hydrogens is 234 g/mol. The van der Waals surface area contributed by atoms with E-state index in [1.165, 1.54) is 0 Å². The van der Waals surface area contributed by atoms with Gasteiger partial charge in [0.15, 0.2) is 0 Å². The van der Waals surface area contributed by atoms with Crippen LogP contribution in [0.15, 0.2) is 0 Å². The summed E-state index contributed by atoms with van der Waals surface area (Å²) >= 11 is 0. The SMILES string of the molecule is CCCC[C@H](NC(=O)C1(COCC)CC1)C(=O)O. The number of aliphatic carboxylic acids is 1. The fourth-order valence-corrected chi connectivity index (χ4v) is 1.86. The Morgan fingerprint density at radius 2 is 2.06 bits per heavy atom. The molecular formula is C13H23NO4. The minimum atomic E-state index is -0.955. The number of carboxylic acids is 1. The molecule has 0 aromatic heterocycles. The molecule has 0 unspecified atom stereocenters. The predicted molar refractivity (Wildman–Crippen MR) is 67.3 cm³/mol. The molecule has 0 saturated heterocycles. The molecule has 1 fully saturated rings. The number of hydrogen-bond acceptors (Lipinski definition) is 3. The molecule has 0 spiro atoms. The molecule has 104 valence electrons. The van der Waals surface area contributed by atoms with Gasteiger partial charge in [0.25, 0.3) is 0 Å². The Morgan fingerprint density at radius 3 is 2.50 bits per heavy atom. The van der Waals surface area contributed by atoms with Crippen LogP contribution in [0.4, 0.5) is 0 Å². The van der Waals surface area contributed by atoms with Crippen LogP contribution in [0.2, 0.25) is 0 Å². The topological polar surface area (TPSA) is 75.6 Å². The lowest BCUT2D eigenvalue weighted by atomic mass is 10.1. The van der Waals surface area contributed by atoms with Gasteiger partial charge in [-0.3, -0.25) is 4.79 Å². The highest BCUT2D eigenvalue weighted by molar-refractivity contribution is 5.89. The highest BCUT2D eigenvalue weighted by Crippen LogP contribution is 2.46. The van der Waals surface area contributed by atoms with Gasteiger partial charge in [-0.2, -0.15) is 0 Å². The summed E-state index contributed by atoms with van der Waals surface area (Å²) in [6.07, 6.45) is 3.79. The van der Waals surface area contributed by atoms with Crippen LogP contribution in [0, 0.1) is 5.41 Å². The van der Waals surface area contributed by atoms with Gasteiger partial charge in [0.1, 0.15) is 6.04 Å². The van der Waals surface area contributed by atoms with Crippen molar-refractivity contribution >= 4 is 11.9 Å². The molecule has 1 amide bonds.